The minimum atomic E-state index is -0.641. The average molecular weight is 464 g/mol. The first kappa shape index (κ1) is 25.3. The Morgan fingerprint density at radius 3 is 2.58 bits per heavy atom. The van der Waals surface area contributed by atoms with Crippen LogP contribution in [0.15, 0.2) is 4.99 Å². The molecular weight excluding hydrogens is 422 g/mol. The monoisotopic (exact) mass is 463 g/mol. The Morgan fingerprint density at radius 2 is 1.97 bits per heavy atom. The molecule has 186 valence electrons. The Kier molecular flexibility index (Phi) is 7.55. The quantitative estimate of drug-likeness (QED) is 0.180. The smallest absolute Gasteiger partial charge is 0.245 e. The number of aliphatic imine (C=N–C) groups is 1. The van der Waals surface area contributed by atoms with Gasteiger partial charge in [-0.2, -0.15) is 0 Å². The van der Waals surface area contributed by atoms with E-state index in [4.69, 9.17) is 11.5 Å². The third-order valence-corrected chi connectivity index (χ3v) is 6.55. The topological polar surface area (TPSA) is 146 Å². The SMILES string of the molecule is CC(C)C[C@H]1[C@@H]2[C@@H](C(=O)NC(C)(C)C)N3CCC[C@@H]3C(=O)N[C@@H](CCCN=C(N)N)C(=O)N21. The maximum Gasteiger partial charge on any atom is 0.245 e. The highest BCUT2D eigenvalue weighted by molar-refractivity contribution is 5.95. The first-order valence-electron chi connectivity index (χ1n) is 12.2. The number of hydrogen-bond acceptors (Lipinski definition) is 5. The van der Waals surface area contributed by atoms with Crippen molar-refractivity contribution in [1.82, 2.24) is 20.4 Å². The van der Waals surface area contributed by atoms with Gasteiger partial charge < -0.3 is 27.0 Å². The van der Waals surface area contributed by atoms with Gasteiger partial charge in [-0.1, -0.05) is 13.8 Å². The number of rotatable bonds is 7. The normalized spacial score (nSPS) is 30.0. The number of guanidine groups is 1. The summed E-state index contributed by atoms with van der Waals surface area (Å²) in [7, 11) is 0. The molecule has 3 amide bonds. The third kappa shape index (κ3) is 5.96. The van der Waals surface area contributed by atoms with E-state index >= 15 is 0 Å². The van der Waals surface area contributed by atoms with Crippen molar-refractivity contribution in [3.63, 3.8) is 0 Å². The molecule has 10 heteroatoms. The molecule has 0 aliphatic carbocycles. The van der Waals surface area contributed by atoms with Gasteiger partial charge in [0.15, 0.2) is 5.96 Å². The fraction of sp³-hybridized carbons (Fsp3) is 0.826. The van der Waals surface area contributed by atoms with Crippen LogP contribution in [-0.4, -0.2) is 82.3 Å². The van der Waals surface area contributed by atoms with Gasteiger partial charge in [0.1, 0.15) is 12.1 Å². The van der Waals surface area contributed by atoms with Crippen molar-refractivity contribution in [1.29, 1.82) is 0 Å². The van der Waals surface area contributed by atoms with Crippen molar-refractivity contribution in [2.75, 3.05) is 13.1 Å². The Balaban J connectivity index is 1.91. The van der Waals surface area contributed by atoms with E-state index in [1.165, 1.54) is 0 Å². The minimum Gasteiger partial charge on any atom is -0.370 e. The summed E-state index contributed by atoms with van der Waals surface area (Å²) in [4.78, 5) is 48.2. The molecule has 0 aromatic rings. The molecule has 6 N–H and O–H groups in total. The average Bonchev–Trinajstić information content (AvgIpc) is 3.12. The molecule has 33 heavy (non-hydrogen) atoms. The van der Waals surface area contributed by atoms with Crippen molar-refractivity contribution < 1.29 is 14.4 Å². The summed E-state index contributed by atoms with van der Waals surface area (Å²) in [6.45, 7) is 11.2. The van der Waals surface area contributed by atoms with E-state index in [-0.39, 0.29) is 35.8 Å². The lowest BCUT2D eigenvalue weighted by atomic mass is 9.99. The van der Waals surface area contributed by atoms with E-state index < -0.39 is 23.7 Å². The largest absolute Gasteiger partial charge is 0.370 e. The Morgan fingerprint density at radius 1 is 1.27 bits per heavy atom. The second kappa shape index (κ2) is 9.87. The maximum absolute atomic E-state index is 13.6. The summed E-state index contributed by atoms with van der Waals surface area (Å²) in [5.41, 5.74) is 10.4. The van der Waals surface area contributed by atoms with Gasteiger partial charge in [-0.15, -0.1) is 0 Å². The minimum absolute atomic E-state index is 0.00956. The second-order valence-corrected chi connectivity index (χ2v) is 11.0. The first-order chi connectivity index (χ1) is 15.4. The molecule has 3 rings (SSSR count). The zero-order chi connectivity index (χ0) is 24.5. The van der Waals surface area contributed by atoms with Crippen LogP contribution in [0.3, 0.4) is 0 Å². The molecule has 3 fully saturated rings. The molecule has 3 saturated heterocycles. The van der Waals surface area contributed by atoms with Gasteiger partial charge in [-0.25, -0.2) is 0 Å². The molecule has 0 radical (unpaired) electrons. The molecule has 0 spiro atoms. The van der Waals surface area contributed by atoms with Gasteiger partial charge in [0.2, 0.25) is 17.7 Å². The predicted molar refractivity (Wildman–Crippen MR) is 127 cm³/mol. The molecule has 3 aliphatic rings. The fourth-order valence-electron chi connectivity index (χ4n) is 5.27. The maximum atomic E-state index is 13.6. The summed E-state index contributed by atoms with van der Waals surface area (Å²) in [6.07, 6.45) is 3.38. The molecule has 3 aliphatic heterocycles. The Labute approximate surface area is 196 Å². The van der Waals surface area contributed by atoms with Crippen LogP contribution in [0.2, 0.25) is 0 Å². The van der Waals surface area contributed by atoms with Gasteiger partial charge >= 0.3 is 0 Å². The summed E-state index contributed by atoms with van der Waals surface area (Å²) >= 11 is 0. The number of nitrogens with zero attached hydrogens (tertiary/aromatic N) is 3. The molecule has 0 bridgehead atoms. The van der Waals surface area contributed by atoms with Crippen molar-refractivity contribution in [3.8, 4) is 0 Å². The molecule has 0 aromatic carbocycles. The molecule has 0 unspecified atom stereocenters. The van der Waals surface area contributed by atoms with Gasteiger partial charge in [0, 0.05) is 12.1 Å². The second-order valence-electron chi connectivity index (χ2n) is 11.0. The van der Waals surface area contributed by atoms with Crippen molar-refractivity contribution >= 4 is 23.7 Å². The number of nitrogens with one attached hydrogen (secondary N) is 2. The van der Waals surface area contributed by atoms with E-state index in [1.54, 1.807) is 0 Å². The Bertz CT molecular complexity index is 787. The summed E-state index contributed by atoms with van der Waals surface area (Å²) in [5.74, 6) is -0.00367. The zero-order valence-corrected chi connectivity index (χ0v) is 20.6. The third-order valence-electron chi connectivity index (χ3n) is 6.55. The lowest BCUT2D eigenvalue weighted by molar-refractivity contribution is -0.134. The van der Waals surface area contributed by atoms with Gasteiger partial charge in [-0.05, 0) is 65.3 Å². The van der Waals surface area contributed by atoms with Crippen molar-refractivity contribution in [2.45, 2.75) is 102 Å². The first-order valence-corrected chi connectivity index (χ1v) is 12.2. The zero-order valence-electron chi connectivity index (χ0n) is 20.6. The number of carbonyl (C=O) groups is 3. The number of hydrogen-bond donors (Lipinski definition) is 4. The Hall–Kier alpha value is -2.36. The van der Waals surface area contributed by atoms with Gasteiger partial charge in [-0.3, -0.25) is 24.3 Å². The van der Waals surface area contributed by atoms with E-state index in [1.807, 2.05) is 30.6 Å². The highest BCUT2D eigenvalue weighted by atomic mass is 16.2. The highest BCUT2D eigenvalue weighted by Gasteiger charge is 2.61. The van der Waals surface area contributed by atoms with Gasteiger partial charge in [0.25, 0.3) is 0 Å². The molecule has 10 nitrogen and oxygen atoms in total. The molecule has 0 saturated carbocycles. The summed E-state index contributed by atoms with van der Waals surface area (Å²) in [5, 5.41) is 6.10. The highest BCUT2D eigenvalue weighted by Crippen LogP contribution is 2.41. The summed E-state index contributed by atoms with van der Waals surface area (Å²) < 4.78 is 0. The van der Waals surface area contributed by atoms with Crippen LogP contribution in [0.4, 0.5) is 0 Å². The fourth-order valence-corrected chi connectivity index (χ4v) is 5.27. The number of carbonyl (C=O) groups excluding carboxylic acids is 3. The summed E-state index contributed by atoms with van der Waals surface area (Å²) in [6, 6.07) is -1.82. The molecule has 5 atom stereocenters. The van der Waals surface area contributed by atoms with E-state index in [0.717, 1.165) is 12.8 Å². The van der Waals surface area contributed by atoms with Crippen LogP contribution in [0.5, 0.6) is 0 Å². The van der Waals surface area contributed by atoms with E-state index in [2.05, 4.69) is 29.5 Å². The van der Waals surface area contributed by atoms with E-state index in [9.17, 15) is 14.4 Å². The number of amides is 3. The van der Waals surface area contributed by atoms with Crippen LogP contribution < -0.4 is 22.1 Å². The lowest BCUT2D eigenvalue weighted by Crippen LogP contribution is -2.58. The predicted octanol–water partition coefficient (Wildman–Crippen LogP) is -0.0884. The standard InChI is InChI=1S/C23H41N7O3/c1-13(2)12-16-17-18(20(32)28-23(3,4)5)29-11-7-9-15(29)19(31)27-14(21(33)30(16)17)8-6-10-26-22(24)25/h13-18H,6-12H2,1-5H3,(H,27,31)(H,28,32)(H4,24,25,26)/t14-,15+,16-,17+,18-,30?/m0/s1. The van der Waals surface area contributed by atoms with Crippen LogP contribution in [0.25, 0.3) is 0 Å². The van der Waals surface area contributed by atoms with Crippen LogP contribution >= 0.6 is 0 Å². The van der Waals surface area contributed by atoms with Gasteiger partial charge in [0.05, 0.1) is 18.1 Å². The molecule has 0 aromatic heterocycles. The number of fused-ring (bicyclic) bond motifs is 2. The van der Waals surface area contributed by atoms with Crippen molar-refractivity contribution in [3.05, 3.63) is 0 Å². The van der Waals surface area contributed by atoms with Crippen LogP contribution in [-0.2, 0) is 14.4 Å². The lowest BCUT2D eigenvalue weighted by Gasteiger charge is -2.33. The molecule has 3 heterocycles. The van der Waals surface area contributed by atoms with E-state index in [0.29, 0.717) is 38.3 Å². The number of nitrogens with two attached hydrogens (primary N) is 2. The van der Waals surface area contributed by atoms with Crippen LogP contribution in [0, 0.1) is 5.92 Å². The van der Waals surface area contributed by atoms with Crippen LogP contribution in [0.1, 0.15) is 66.7 Å². The molecular formula is C23H41N7O3. The van der Waals surface area contributed by atoms with Crippen molar-refractivity contribution in [2.24, 2.45) is 22.4 Å².